The summed E-state index contributed by atoms with van der Waals surface area (Å²) in [6.07, 6.45) is 0. The molecule has 0 fully saturated rings. The molecule has 0 aromatic heterocycles. The Bertz CT molecular complexity index is 5450. The molecule has 0 radical (unpaired) electrons. The van der Waals surface area contributed by atoms with Crippen LogP contribution < -0.4 is 19.6 Å². The topological polar surface area (TPSA) is 13.0 Å². The zero-order valence-corrected chi connectivity index (χ0v) is 50.6. The van der Waals surface area contributed by atoms with Crippen LogP contribution in [-0.2, 0) is 5.41 Å². The van der Waals surface area contributed by atoms with Gasteiger partial charge >= 0.3 is 0 Å². The van der Waals surface area contributed by atoms with Crippen LogP contribution in [0.3, 0.4) is 0 Å². The zero-order valence-electron chi connectivity index (χ0n) is 50.6. The number of hydrogen-bond acceptors (Lipinski definition) is 4. The minimum absolute atomic E-state index is 0.438. The summed E-state index contributed by atoms with van der Waals surface area (Å²) in [5.74, 6) is 0. The van der Waals surface area contributed by atoms with Crippen molar-refractivity contribution in [1.29, 1.82) is 0 Å². The summed E-state index contributed by atoms with van der Waals surface area (Å²) >= 11 is 0. The SMILES string of the molecule is CC1(C)c2cc(N(c3ccccc3)c3cccc4ccccc34)ccc2-c2cc3c(N(c4ccccc4)c4cccc5ccccc45)c4cc(N(c5ccccc5)c5cccc6ccccc56)ccc4c(N(c4ccccc4)c4cccc5ccccc45)c3cc21. The maximum atomic E-state index is 2.58. The van der Waals surface area contributed by atoms with Crippen LogP contribution in [-0.4, -0.2) is 0 Å². The summed E-state index contributed by atoms with van der Waals surface area (Å²) in [5, 5.41) is 13.9. The van der Waals surface area contributed by atoms with Crippen LogP contribution in [0.2, 0.25) is 0 Å². The minimum atomic E-state index is -0.438. The van der Waals surface area contributed by atoms with Gasteiger partial charge in [0.2, 0.25) is 0 Å². The second-order valence-corrected chi connectivity index (χ2v) is 24.4. The first-order chi connectivity index (χ1) is 44.9. The van der Waals surface area contributed by atoms with Gasteiger partial charge in [-0.25, -0.2) is 0 Å². The highest BCUT2D eigenvalue weighted by molar-refractivity contribution is 6.26. The molecule has 17 rings (SSSR count). The Morgan fingerprint density at radius 3 is 0.934 bits per heavy atom. The summed E-state index contributed by atoms with van der Waals surface area (Å²) in [6.45, 7) is 4.87. The predicted octanol–water partition coefficient (Wildman–Crippen LogP) is 24.8. The molecule has 0 N–H and O–H groups in total. The third-order valence-corrected chi connectivity index (χ3v) is 18.9. The number of rotatable bonds is 12. The third kappa shape index (κ3) is 8.90. The molecule has 0 saturated carbocycles. The molecule has 91 heavy (non-hydrogen) atoms. The highest BCUT2D eigenvalue weighted by Crippen LogP contribution is 2.59. The second-order valence-electron chi connectivity index (χ2n) is 24.4. The lowest BCUT2D eigenvalue weighted by Gasteiger charge is -2.35. The van der Waals surface area contributed by atoms with Gasteiger partial charge in [0.1, 0.15) is 0 Å². The fraction of sp³-hybridized carbons (Fsp3) is 0.0345. The molecule has 0 spiro atoms. The van der Waals surface area contributed by atoms with Gasteiger partial charge in [-0.2, -0.15) is 0 Å². The Labute approximate surface area is 530 Å². The summed E-state index contributed by atoms with van der Waals surface area (Å²) < 4.78 is 0. The number of para-hydroxylation sites is 4. The van der Waals surface area contributed by atoms with Crippen LogP contribution >= 0.6 is 0 Å². The van der Waals surface area contributed by atoms with Gasteiger partial charge in [0.15, 0.2) is 0 Å². The fourth-order valence-electron chi connectivity index (χ4n) is 14.7. The summed E-state index contributed by atoms with van der Waals surface area (Å²) in [5.41, 5.74) is 17.6. The number of fused-ring (bicyclic) bond motifs is 9. The van der Waals surface area contributed by atoms with Crippen molar-refractivity contribution in [3.8, 4) is 11.1 Å². The van der Waals surface area contributed by atoms with Crippen molar-refractivity contribution < 1.29 is 0 Å². The van der Waals surface area contributed by atoms with E-state index in [0.717, 1.165) is 95.2 Å². The van der Waals surface area contributed by atoms with E-state index in [1.807, 2.05) is 0 Å². The average molecular weight is 1160 g/mol. The molecule has 1 aliphatic carbocycles. The Hall–Kier alpha value is -11.7. The van der Waals surface area contributed by atoms with Gasteiger partial charge in [-0.3, -0.25) is 0 Å². The van der Waals surface area contributed by atoms with Gasteiger partial charge in [0.25, 0.3) is 0 Å². The first-order valence-electron chi connectivity index (χ1n) is 31.5. The number of benzene rings is 16. The largest absolute Gasteiger partial charge is 0.310 e. The van der Waals surface area contributed by atoms with Crippen LogP contribution in [0.15, 0.2) is 340 Å². The molecule has 0 heterocycles. The van der Waals surface area contributed by atoms with E-state index in [0.29, 0.717) is 0 Å². The molecular formula is C87H62N4. The van der Waals surface area contributed by atoms with Crippen molar-refractivity contribution in [3.63, 3.8) is 0 Å². The van der Waals surface area contributed by atoms with E-state index in [9.17, 15) is 0 Å². The first-order valence-corrected chi connectivity index (χ1v) is 31.5. The maximum Gasteiger partial charge on any atom is 0.0621 e. The van der Waals surface area contributed by atoms with Gasteiger partial charge < -0.3 is 19.6 Å². The zero-order chi connectivity index (χ0) is 60.6. The average Bonchev–Trinajstić information content (AvgIpc) is 1.88. The quantitative estimate of drug-likeness (QED) is 0.0893. The lowest BCUT2D eigenvalue weighted by molar-refractivity contribution is 0.661. The standard InChI is InChI=1S/C87H62N4/c1-87(2)79-56-68(89(64-37-9-4-10-38-64)82-48-24-32-60-28-16-20-44-70(60)82)51-53-73(79)75-57-77-78(58-80(75)87)85(90(65-39-11-5-12-40-65)83-49-25-33-61-29-17-21-45-71(61)83)74-54-52-67(88(63-35-7-3-8-36-63)81-47-23-31-59-27-15-19-43-69(59)81)55-76(74)86(77)91(66-41-13-6-14-42-66)84-50-26-34-62-30-18-22-46-72(62)84/h3-58H,1-2H3. The van der Waals surface area contributed by atoms with Crippen molar-refractivity contribution in [2.75, 3.05) is 19.6 Å². The third-order valence-electron chi connectivity index (χ3n) is 18.9. The van der Waals surface area contributed by atoms with Crippen molar-refractivity contribution in [1.82, 2.24) is 0 Å². The highest BCUT2D eigenvalue weighted by atomic mass is 15.2. The molecule has 16 aromatic rings. The molecule has 1 aliphatic rings. The Balaban J connectivity index is 1.03. The number of nitrogens with zero attached hydrogens (tertiary/aromatic N) is 4. The molecular weight excluding hydrogens is 1100 g/mol. The monoisotopic (exact) mass is 1160 g/mol. The van der Waals surface area contributed by atoms with Gasteiger partial charge in [0.05, 0.1) is 34.1 Å². The van der Waals surface area contributed by atoms with Crippen molar-refractivity contribution >= 4 is 133 Å². The highest BCUT2D eigenvalue weighted by Gasteiger charge is 2.39. The molecule has 0 bridgehead atoms. The molecule has 4 heteroatoms. The molecule has 430 valence electrons. The molecule has 0 amide bonds. The van der Waals surface area contributed by atoms with Crippen LogP contribution in [0.25, 0.3) is 75.8 Å². The fourth-order valence-corrected chi connectivity index (χ4v) is 14.7. The van der Waals surface area contributed by atoms with Crippen LogP contribution in [0.1, 0.15) is 25.0 Å². The number of anilines is 12. The Morgan fingerprint density at radius 2 is 0.505 bits per heavy atom. The molecule has 4 nitrogen and oxygen atoms in total. The smallest absolute Gasteiger partial charge is 0.0621 e. The lowest BCUT2D eigenvalue weighted by Crippen LogP contribution is -2.18. The molecule has 0 saturated heterocycles. The van der Waals surface area contributed by atoms with E-state index in [-0.39, 0.29) is 0 Å². The van der Waals surface area contributed by atoms with E-state index in [1.54, 1.807) is 0 Å². The Morgan fingerprint density at radius 1 is 0.198 bits per heavy atom. The van der Waals surface area contributed by atoms with Crippen molar-refractivity contribution in [2.24, 2.45) is 0 Å². The van der Waals surface area contributed by atoms with Crippen molar-refractivity contribution in [2.45, 2.75) is 19.3 Å². The number of hydrogen-bond donors (Lipinski definition) is 0. The van der Waals surface area contributed by atoms with Crippen LogP contribution in [0, 0.1) is 0 Å². The first kappa shape index (κ1) is 53.5. The normalized spacial score (nSPS) is 12.4. The van der Waals surface area contributed by atoms with Gasteiger partial charge in [-0.1, -0.05) is 244 Å². The second kappa shape index (κ2) is 21.8. The lowest BCUT2D eigenvalue weighted by atomic mass is 9.81. The summed E-state index contributed by atoms with van der Waals surface area (Å²) in [4.78, 5) is 10.0. The van der Waals surface area contributed by atoms with Gasteiger partial charge in [-0.15, -0.1) is 0 Å². The molecule has 16 aromatic carbocycles. The summed E-state index contributed by atoms with van der Waals surface area (Å²) in [7, 11) is 0. The minimum Gasteiger partial charge on any atom is -0.310 e. The van der Waals surface area contributed by atoms with Gasteiger partial charge in [-0.05, 0) is 153 Å². The van der Waals surface area contributed by atoms with E-state index in [4.69, 9.17) is 0 Å². The Kier molecular flexibility index (Phi) is 12.8. The van der Waals surface area contributed by atoms with E-state index >= 15 is 0 Å². The van der Waals surface area contributed by atoms with Crippen LogP contribution in [0.5, 0.6) is 0 Å². The van der Waals surface area contributed by atoms with Crippen molar-refractivity contribution in [3.05, 3.63) is 351 Å². The summed E-state index contributed by atoms with van der Waals surface area (Å²) in [6, 6.07) is 125. The van der Waals surface area contributed by atoms with E-state index < -0.39 is 5.41 Å². The molecule has 0 unspecified atom stereocenters. The van der Waals surface area contributed by atoms with E-state index in [2.05, 4.69) is 373 Å². The van der Waals surface area contributed by atoms with E-state index in [1.165, 1.54) is 60.0 Å². The molecule has 0 aliphatic heterocycles. The van der Waals surface area contributed by atoms with Crippen LogP contribution in [0.4, 0.5) is 68.2 Å². The van der Waals surface area contributed by atoms with Gasteiger partial charge in [0, 0.05) is 82.6 Å². The molecule has 0 atom stereocenters. The maximum absolute atomic E-state index is 2.58. The predicted molar refractivity (Wildman–Crippen MR) is 388 cm³/mol.